The second-order valence-electron chi connectivity index (χ2n) is 9.21. The average Bonchev–Trinajstić information content (AvgIpc) is 3.29. The number of nitrogens with two attached hydrogens (primary N) is 1. The molecule has 1 aromatic heterocycles. The third-order valence-electron chi connectivity index (χ3n) is 5.73. The lowest BCUT2D eigenvalue weighted by Gasteiger charge is -2.27. The largest absolute Gasteiger partial charge is 0.507 e. The summed E-state index contributed by atoms with van der Waals surface area (Å²) in [5.41, 5.74) is 6.55. The van der Waals surface area contributed by atoms with E-state index in [9.17, 15) is 19.5 Å². The number of aromatic nitrogens is 2. The lowest BCUT2D eigenvalue weighted by Crippen LogP contribution is -2.50. The maximum atomic E-state index is 13.2. The van der Waals surface area contributed by atoms with Gasteiger partial charge in [0.2, 0.25) is 17.7 Å². The number of carbonyl (C=O) groups is 3. The van der Waals surface area contributed by atoms with Crippen molar-refractivity contribution in [3.8, 4) is 11.5 Å². The number of nitrogens with zero attached hydrogens (tertiary/aromatic N) is 3. The summed E-state index contributed by atoms with van der Waals surface area (Å²) in [7, 11) is 1.42. The molecule has 0 saturated carbocycles. The average molecular weight is 615 g/mol. The van der Waals surface area contributed by atoms with E-state index in [2.05, 4.69) is 31.4 Å². The number of hydrogen-bond donors (Lipinski definition) is 3. The van der Waals surface area contributed by atoms with Crippen LogP contribution in [0.15, 0.2) is 15.1 Å². The first-order chi connectivity index (χ1) is 18.0. The minimum Gasteiger partial charge on any atom is -0.507 e. The van der Waals surface area contributed by atoms with E-state index in [-0.39, 0.29) is 60.1 Å². The number of methoxy groups -OCH3 is 1. The molecule has 4 N–H and O–H groups in total. The number of esters is 1. The number of phenolic OH excluding ortho intramolecular Hbond substituents is 1. The summed E-state index contributed by atoms with van der Waals surface area (Å²) >= 11 is 4.71. The van der Waals surface area contributed by atoms with Crippen molar-refractivity contribution < 1.29 is 33.5 Å². The first-order valence-corrected chi connectivity index (χ1v) is 13.9. The molecule has 208 valence electrons. The second-order valence-corrected chi connectivity index (χ2v) is 11.0. The van der Waals surface area contributed by atoms with Crippen molar-refractivity contribution in [2.45, 2.75) is 45.0 Å². The van der Waals surface area contributed by atoms with Gasteiger partial charge >= 0.3 is 5.97 Å². The molecule has 12 nitrogen and oxygen atoms in total. The molecule has 0 unspecified atom stereocenters. The Morgan fingerprint density at radius 3 is 2.79 bits per heavy atom. The summed E-state index contributed by atoms with van der Waals surface area (Å²) in [5.74, 6) is -0.270. The Kier molecular flexibility index (Phi) is 10.4. The number of benzene rings is 1. The van der Waals surface area contributed by atoms with E-state index in [4.69, 9.17) is 19.7 Å². The van der Waals surface area contributed by atoms with Crippen LogP contribution in [0, 0.1) is 12.8 Å². The van der Waals surface area contributed by atoms with Crippen molar-refractivity contribution in [3.05, 3.63) is 33.4 Å². The minimum absolute atomic E-state index is 0.0637. The van der Waals surface area contributed by atoms with Gasteiger partial charge in [0.1, 0.15) is 24.1 Å². The number of rotatable bonds is 5. The van der Waals surface area contributed by atoms with Crippen molar-refractivity contribution >= 4 is 45.5 Å². The van der Waals surface area contributed by atoms with Crippen LogP contribution in [-0.2, 0) is 20.1 Å². The number of cyclic esters (lactones) is 1. The standard InChI is InChI=1S/C24H32BrN5O7S/c1-12(2)7-15(26)23(33)30-5-6-36-24(34)20-14(17(31)8-18(35-4)21(20)25)10-38-11-16(28-19(32)9-30)22-27-13(3)29-37-22/h8,12,15-16,31H,5-7,9-11,26H2,1-4H3,(H,28,32)/t15-,16-/m0/s1. The van der Waals surface area contributed by atoms with Gasteiger partial charge < -0.3 is 35.1 Å². The third kappa shape index (κ3) is 7.38. The predicted octanol–water partition coefficient (Wildman–Crippen LogP) is 2.32. The van der Waals surface area contributed by atoms with Crippen molar-refractivity contribution in [1.29, 1.82) is 0 Å². The molecule has 2 amide bonds. The number of amides is 2. The van der Waals surface area contributed by atoms with E-state index in [1.165, 1.54) is 29.8 Å². The molecule has 14 heteroatoms. The summed E-state index contributed by atoms with van der Waals surface area (Å²) < 4.78 is 16.4. The zero-order chi connectivity index (χ0) is 28.0. The smallest absolute Gasteiger partial charge is 0.339 e. The van der Waals surface area contributed by atoms with Crippen LogP contribution >= 0.6 is 27.7 Å². The summed E-state index contributed by atoms with van der Waals surface area (Å²) in [6.07, 6.45) is 0.427. The van der Waals surface area contributed by atoms with Crippen LogP contribution in [0.4, 0.5) is 0 Å². The van der Waals surface area contributed by atoms with E-state index in [1.54, 1.807) is 6.92 Å². The Balaban J connectivity index is 1.97. The molecule has 1 aromatic carbocycles. The van der Waals surface area contributed by atoms with Crippen molar-refractivity contribution in [3.63, 3.8) is 0 Å². The summed E-state index contributed by atoms with van der Waals surface area (Å²) in [4.78, 5) is 44.8. The fraction of sp³-hybridized carbons (Fsp3) is 0.542. The maximum absolute atomic E-state index is 13.2. The van der Waals surface area contributed by atoms with Crippen LogP contribution in [0.2, 0.25) is 0 Å². The van der Waals surface area contributed by atoms with Crippen LogP contribution in [0.1, 0.15) is 53.9 Å². The number of thioether (sulfide) groups is 1. The van der Waals surface area contributed by atoms with Crippen LogP contribution in [0.3, 0.4) is 0 Å². The quantitative estimate of drug-likeness (QED) is 0.423. The molecule has 0 bridgehead atoms. The van der Waals surface area contributed by atoms with Gasteiger partial charge in [-0.1, -0.05) is 19.0 Å². The van der Waals surface area contributed by atoms with Gasteiger partial charge in [-0.15, -0.1) is 0 Å². The Morgan fingerprint density at radius 1 is 1.42 bits per heavy atom. The number of phenols is 1. The summed E-state index contributed by atoms with van der Waals surface area (Å²) in [5, 5.41) is 17.4. The molecule has 1 aliphatic rings. The Labute approximate surface area is 233 Å². The molecule has 2 heterocycles. The van der Waals surface area contributed by atoms with Gasteiger partial charge in [0.15, 0.2) is 5.82 Å². The summed E-state index contributed by atoms with van der Waals surface area (Å²) in [6, 6.07) is -0.104. The number of aryl methyl sites for hydroxylation is 1. The Bertz CT molecular complexity index is 1180. The molecule has 0 saturated heterocycles. The van der Waals surface area contributed by atoms with Gasteiger partial charge in [-0.05, 0) is 35.2 Å². The second kappa shape index (κ2) is 13.3. The molecule has 0 radical (unpaired) electrons. The lowest BCUT2D eigenvalue weighted by atomic mass is 10.0. The van der Waals surface area contributed by atoms with E-state index in [0.717, 1.165) is 0 Å². The third-order valence-corrected chi connectivity index (χ3v) is 7.58. The first kappa shape index (κ1) is 29.7. The molecule has 1 aliphatic heterocycles. The van der Waals surface area contributed by atoms with Crippen molar-refractivity contribution in [1.82, 2.24) is 20.4 Å². The van der Waals surface area contributed by atoms with Gasteiger partial charge in [0, 0.05) is 23.1 Å². The molecular formula is C24H32BrN5O7S. The van der Waals surface area contributed by atoms with Gasteiger partial charge in [0.25, 0.3) is 0 Å². The van der Waals surface area contributed by atoms with Crippen LogP contribution in [0.25, 0.3) is 0 Å². The fourth-order valence-electron chi connectivity index (χ4n) is 3.92. The molecule has 0 spiro atoms. The predicted molar refractivity (Wildman–Crippen MR) is 143 cm³/mol. The number of fused-ring (bicyclic) bond motifs is 1. The minimum atomic E-state index is -0.821. The number of ether oxygens (including phenoxy) is 2. The highest BCUT2D eigenvalue weighted by atomic mass is 79.9. The number of halogens is 1. The molecule has 0 aliphatic carbocycles. The lowest BCUT2D eigenvalue weighted by molar-refractivity contribution is -0.138. The van der Waals surface area contributed by atoms with E-state index >= 15 is 0 Å². The summed E-state index contributed by atoms with van der Waals surface area (Å²) in [6.45, 7) is 4.98. The Morgan fingerprint density at radius 2 is 2.16 bits per heavy atom. The molecule has 0 fully saturated rings. The highest BCUT2D eigenvalue weighted by molar-refractivity contribution is 9.10. The number of hydrogen-bond acceptors (Lipinski definition) is 11. The zero-order valence-electron chi connectivity index (χ0n) is 21.7. The van der Waals surface area contributed by atoms with Crippen molar-refractivity contribution in [2.24, 2.45) is 11.7 Å². The highest BCUT2D eigenvalue weighted by Crippen LogP contribution is 2.39. The first-order valence-electron chi connectivity index (χ1n) is 12.0. The monoisotopic (exact) mass is 613 g/mol. The van der Waals surface area contributed by atoms with Crippen LogP contribution in [0.5, 0.6) is 11.5 Å². The normalized spacial score (nSPS) is 18.3. The number of nitrogens with one attached hydrogen (secondary N) is 1. The SMILES string of the molecule is COc1cc(O)c2c(c1Br)C(=O)OCCN(C(=O)[C@@H](N)CC(C)C)CC(=O)N[C@H](c1nc(C)no1)CSC2. The fourth-order valence-corrected chi connectivity index (χ4v) is 5.67. The van der Waals surface area contributed by atoms with Crippen molar-refractivity contribution in [2.75, 3.05) is 32.6 Å². The maximum Gasteiger partial charge on any atom is 0.339 e. The van der Waals surface area contributed by atoms with E-state index < -0.39 is 29.9 Å². The van der Waals surface area contributed by atoms with Gasteiger partial charge in [-0.2, -0.15) is 16.7 Å². The van der Waals surface area contributed by atoms with Gasteiger partial charge in [-0.25, -0.2) is 4.79 Å². The number of aromatic hydroxyl groups is 1. The Hall–Kier alpha value is -2.84. The van der Waals surface area contributed by atoms with Gasteiger partial charge in [-0.3, -0.25) is 9.59 Å². The number of carbonyl (C=O) groups excluding carboxylic acids is 3. The highest BCUT2D eigenvalue weighted by Gasteiger charge is 2.29. The van der Waals surface area contributed by atoms with Gasteiger partial charge in [0.05, 0.1) is 36.3 Å². The molecule has 2 atom stereocenters. The van der Waals surface area contributed by atoms with E-state index in [1.807, 2.05) is 13.8 Å². The molecule has 38 heavy (non-hydrogen) atoms. The topological polar surface area (TPSA) is 170 Å². The van der Waals surface area contributed by atoms with Crippen LogP contribution in [-0.4, -0.2) is 76.5 Å². The molecular weight excluding hydrogens is 582 g/mol. The zero-order valence-corrected chi connectivity index (χ0v) is 24.1. The van der Waals surface area contributed by atoms with E-state index in [0.29, 0.717) is 22.3 Å². The molecule has 3 rings (SSSR count). The van der Waals surface area contributed by atoms with Crippen LogP contribution < -0.4 is 15.8 Å². The molecule has 2 aromatic rings.